The van der Waals surface area contributed by atoms with Gasteiger partial charge in [-0.2, -0.15) is 0 Å². The summed E-state index contributed by atoms with van der Waals surface area (Å²) in [6.45, 7) is 3.62. The topological polar surface area (TPSA) is 96.4 Å². The van der Waals surface area contributed by atoms with Gasteiger partial charge >= 0.3 is 5.97 Å². The average Bonchev–Trinajstić information content (AvgIpc) is 2.12. The summed E-state index contributed by atoms with van der Waals surface area (Å²) in [5.41, 5.74) is 1.63. The number of aryl methyl sites for hydroxylation is 2. The zero-order valence-electron chi connectivity index (χ0n) is 10.3. The highest BCUT2D eigenvalue weighted by Crippen LogP contribution is 2.11. The van der Waals surface area contributed by atoms with E-state index in [9.17, 15) is 13.2 Å². The lowest BCUT2D eigenvalue weighted by Crippen LogP contribution is -2.18. The maximum atomic E-state index is 11.7. The summed E-state index contributed by atoms with van der Waals surface area (Å²) in [6, 6.07) is 3.46. The molecule has 7 heteroatoms. The van der Waals surface area contributed by atoms with Crippen LogP contribution in [0.15, 0.2) is 12.1 Å². The standard InChI is InChI=1S/C11H16N2O4S/c1-8-6-9(2)12-10(7-8)13-18(16,17)5-3-4-11(14)15/h6-7H,3-5H2,1-2H3,(H,12,13)(H,14,15). The summed E-state index contributed by atoms with van der Waals surface area (Å²) >= 11 is 0. The largest absolute Gasteiger partial charge is 0.481 e. The minimum Gasteiger partial charge on any atom is -0.481 e. The molecule has 0 amide bonds. The first kappa shape index (κ1) is 14.4. The molecule has 1 aromatic rings. The lowest BCUT2D eigenvalue weighted by atomic mass is 10.2. The Kier molecular flexibility index (Phi) is 4.66. The number of anilines is 1. The van der Waals surface area contributed by atoms with Gasteiger partial charge in [0.15, 0.2) is 0 Å². The van der Waals surface area contributed by atoms with Crippen LogP contribution >= 0.6 is 0 Å². The Labute approximate surface area is 106 Å². The normalized spacial score (nSPS) is 11.2. The van der Waals surface area contributed by atoms with Crippen LogP contribution in [-0.2, 0) is 14.8 Å². The SMILES string of the molecule is Cc1cc(C)nc(NS(=O)(=O)CCCC(=O)O)c1. The predicted octanol–water partition coefficient (Wildman–Crippen LogP) is 1.30. The van der Waals surface area contributed by atoms with Crippen LogP contribution in [-0.4, -0.2) is 30.2 Å². The molecule has 0 bridgehead atoms. The number of nitrogens with zero attached hydrogens (tertiary/aromatic N) is 1. The number of carbonyl (C=O) groups is 1. The predicted molar refractivity (Wildman–Crippen MR) is 68.0 cm³/mol. The van der Waals surface area contributed by atoms with Crippen molar-refractivity contribution in [1.82, 2.24) is 4.98 Å². The van der Waals surface area contributed by atoms with Crippen molar-refractivity contribution in [2.45, 2.75) is 26.7 Å². The van der Waals surface area contributed by atoms with Crippen molar-refractivity contribution in [3.8, 4) is 0 Å². The lowest BCUT2D eigenvalue weighted by molar-refractivity contribution is -0.137. The third-order valence-electron chi connectivity index (χ3n) is 2.16. The molecule has 0 aromatic carbocycles. The van der Waals surface area contributed by atoms with Gasteiger partial charge in [0.05, 0.1) is 5.75 Å². The van der Waals surface area contributed by atoms with E-state index in [4.69, 9.17) is 5.11 Å². The summed E-state index contributed by atoms with van der Waals surface area (Å²) in [6.07, 6.45) is -0.0867. The maximum Gasteiger partial charge on any atom is 0.303 e. The molecule has 1 rings (SSSR count). The molecule has 100 valence electrons. The van der Waals surface area contributed by atoms with Crippen molar-refractivity contribution in [3.05, 3.63) is 23.4 Å². The first-order chi connectivity index (χ1) is 8.28. The van der Waals surface area contributed by atoms with Crippen LogP contribution in [0.4, 0.5) is 5.82 Å². The van der Waals surface area contributed by atoms with Crippen molar-refractivity contribution in [1.29, 1.82) is 0 Å². The van der Waals surface area contributed by atoms with E-state index in [1.807, 2.05) is 13.0 Å². The van der Waals surface area contributed by atoms with Gasteiger partial charge in [0, 0.05) is 12.1 Å². The van der Waals surface area contributed by atoms with Crippen LogP contribution < -0.4 is 4.72 Å². The van der Waals surface area contributed by atoms with Crippen LogP contribution in [0.3, 0.4) is 0 Å². The smallest absolute Gasteiger partial charge is 0.303 e. The molecular formula is C11H16N2O4S. The highest BCUT2D eigenvalue weighted by molar-refractivity contribution is 7.92. The van der Waals surface area contributed by atoms with Gasteiger partial charge in [-0.05, 0) is 38.0 Å². The van der Waals surface area contributed by atoms with Gasteiger partial charge < -0.3 is 5.11 Å². The summed E-state index contributed by atoms with van der Waals surface area (Å²) in [7, 11) is -3.54. The van der Waals surface area contributed by atoms with Crippen LogP contribution in [0.1, 0.15) is 24.1 Å². The molecule has 18 heavy (non-hydrogen) atoms. The van der Waals surface area contributed by atoms with E-state index < -0.39 is 16.0 Å². The molecule has 0 aliphatic rings. The van der Waals surface area contributed by atoms with Crippen molar-refractivity contribution in [2.75, 3.05) is 10.5 Å². The maximum absolute atomic E-state index is 11.7. The number of rotatable bonds is 6. The Hall–Kier alpha value is -1.63. The fraction of sp³-hybridized carbons (Fsp3) is 0.455. The molecule has 1 heterocycles. The monoisotopic (exact) mass is 272 g/mol. The van der Waals surface area contributed by atoms with Crippen LogP contribution in [0.5, 0.6) is 0 Å². The van der Waals surface area contributed by atoms with E-state index in [0.29, 0.717) is 0 Å². The molecule has 0 spiro atoms. The van der Waals surface area contributed by atoms with Crippen LogP contribution in [0, 0.1) is 13.8 Å². The Morgan fingerprint density at radius 3 is 2.61 bits per heavy atom. The van der Waals surface area contributed by atoms with Crippen molar-refractivity contribution in [3.63, 3.8) is 0 Å². The Morgan fingerprint density at radius 1 is 1.39 bits per heavy atom. The molecule has 0 aliphatic heterocycles. The molecule has 2 N–H and O–H groups in total. The van der Waals surface area contributed by atoms with E-state index in [2.05, 4.69) is 9.71 Å². The summed E-state index contributed by atoms with van der Waals surface area (Å²) in [5.74, 6) is -0.967. The Balaban J connectivity index is 2.67. The van der Waals surface area contributed by atoms with E-state index >= 15 is 0 Å². The highest BCUT2D eigenvalue weighted by atomic mass is 32.2. The number of aromatic nitrogens is 1. The molecule has 0 saturated carbocycles. The summed E-state index contributed by atoms with van der Waals surface area (Å²) < 4.78 is 25.7. The molecule has 0 atom stereocenters. The average molecular weight is 272 g/mol. The van der Waals surface area contributed by atoms with Crippen LogP contribution in [0.2, 0.25) is 0 Å². The molecule has 0 unspecified atom stereocenters. The Morgan fingerprint density at radius 2 is 2.06 bits per heavy atom. The van der Waals surface area contributed by atoms with E-state index in [-0.39, 0.29) is 24.4 Å². The van der Waals surface area contributed by atoms with Crippen molar-refractivity contribution in [2.24, 2.45) is 0 Å². The minimum atomic E-state index is -3.54. The number of nitrogens with one attached hydrogen (secondary N) is 1. The molecule has 0 radical (unpaired) electrons. The molecule has 0 fully saturated rings. The molecular weight excluding hydrogens is 256 g/mol. The molecule has 0 aliphatic carbocycles. The van der Waals surface area contributed by atoms with E-state index in [0.717, 1.165) is 11.3 Å². The quantitative estimate of drug-likeness (QED) is 0.813. The highest BCUT2D eigenvalue weighted by Gasteiger charge is 2.12. The second-order valence-corrected chi connectivity index (χ2v) is 5.93. The van der Waals surface area contributed by atoms with Crippen molar-refractivity contribution < 1.29 is 18.3 Å². The molecule has 6 nitrogen and oxygen atoms in total. The summed E-state index contributed by atoms with van der Waals surface area (Å²) in [4.78, 5) is 14.4. The number of sulfonamides is 1. The fourth-order valence-electron chi connectivity index (χ4n) is 1.52. The van der Waals surface area contributed by atoms with E-state index in [1.54, 1.807) is 13.0 Å². The van der Waals surface area contributed by atoms with Gasteiger partial charge in [0.25, 0.3) is 0 Å². The van der Waals surface area contributed by atoms with Gasteiger partial charge in [-0.1, -0.05) is 0 Å². The van der Waals surface area contributed by atoms with Gasteiger partial charge in [0.2, 0.25) is 10.0 Å². The van der Waals surface area contributed by atoms with Gasteiger partial charge in [-0.25, -0.2) is 13.4 Å². The first-order valence-corrected chi connectivity index (χ1v) is 7.11. The summed E-state index contributed by atoms with van der Waals surface area (Å²) in [5, 5.41) is 8.45. The number of hydrogen-bond donors (Lipinski definition) is 2. The fourth-order valence-corrected chi connectivity index (χ4v) is 2.57. The minimum absolute atomic E-state index is 0.0788. The lowest BCUT2D eigenvalue weighted by Gasteiger charge is -2.08. The third-order valence-corrected chi connectivity index (χ3v) is 3.51. The second kappa shape index (κ2) is 5.81. The van der Waals surface area contributed by atoms with E-state index in [1.165, 1.54) is 0 Å². The second-order valence-electron chi connectivity index (χ2n) is 4.09. The third kappa shape index (κ3) is 5.13. The van der Waals surface area contributed by atoms with Gasteiger partial charge in [0.1, 0.15) is 5.82 Å². The number of aliphatic carboxylic acids is 1. The number of pyridine rings is 1. The number of hydrogen-bond acceptors (Lipinski definition) is 4. The van der Waals surface area contributed by atoms with Gasteiger partial charge in [-0.15, -0.1) is 0 Å². The zero-order chi connectivity index (χ0) is 13.8. The first-order valence-electron chi connectivity index (χ1n) is 5.46. The number of carboxylic acids is 1. The Bertz CT molecular complexity index is 520. The number of carboxylic acid groups (broad SMARTS) is 1. The molecule has 1 aromatic heterocycles. The van der Waals surface area contributed by atoms with Gasteiger partial charge in [-0.3, -0.25) is 9.52 Å². The van der Waals surface area contributed by atoms with Crippen LogP contribution in [0.25, 0.3) is 0 Å². The van der Waals surface area contributed by atoms with Crippen molar-refractivity contribution >= 4 is 21.8 Å². The molecule has 0 saturated heterocycles. The zero-order valence-corrected chi connectivity index (χ0v) is 11.1.